The number of carbonyl (C=O) groups excluding carboxylic acids is 1. The van der Waals surface area contributed by atoms with Gasteiger partial charge in [0.05, 0.1) is 37.8 Å². The molecule has 2 aromatic rings. The molecular formula is C44H61N9O4. The lowest BCUT2D eigenvalue weighted by atomic mass is 9.81. The number of hydrogen-bond acceptors (Lipinski definition) is 8. The number of aromatic nitrogens is 2. The van der Waals surface area contributed by atoms with Gasteiger partial charge < -0.3 is 35.1 Å². The van der Waals surface area contributed by atoms with E-state index in [1.165, 1.54) is 17.6 Å². The number of fused-ring (bicyclic) bond motifs is 2. The van der Waals surface area contributed by atoms with Gasteiger partial charge in [-0.1, -0.05) is 51.1 Å². The van der Waals surface area contributed by atoms with E-state index in [0.29, 0.717) is 48.9 Å². The molecule has 13 heteroatoms. The molecule has 2 saturated heterocycles. The minimum atomic E-state index is -0.363. The highest BCUT2D eigenvalue weighted by Gasteiger charge is 2.41. The molecule has 3 aliphatic heterocycles. The number of allylic oxidation sites excluding steroid dienone is 2. The molecule has 5 aliphatic rings. The summed E-state index contributed by atoms with van der Waals surface area (Å²) in [5.41, 5.74) is 12.2. The maximum absolute atomic E-state index is 13.5. The van der Waals surface area contributed by atoms with Crippen molar-refractivity contribution in [1.82, 2.24) is 30.2 Å². The van der Waals surface area contributed by atoms with E-state index in [9.17, 15) is 10.2 Å². The number of guanidine groups is 1. The highest BCUT2D eigenvalue weighted by Crippen LogP contribution is 2.43. The first-order valence-corrected chi connectivity index (χ1v) is 20.8. The Kier molecular flexibility index (Phi) is 12.5. The number of hydrogen-bond donors (Lipinski definition) is 4. The summed E-state index contributed by atoms with van der Waals surface area (Å²) < 4.78 is 20.1. The van der Waals surface area contributed by atoms with Crippen molar-refractivity contribution < 1.29 is 19.0 Å². The molecule has 0 spiro atoms. The second-order valence-corrected chi connectivity index (χ2v) is 17.0. The number of nitrogens with one attached hydrogen (secondary N) is 3. The monoisotopic (exact) mass is 779 g/mol. The maximum atomic E-state index is 13.5. The standard InChI is InChI=1S/C44H61N9O4/c1-29-12-8-10-20-52(29)42(46)53-28-33(17-18-34-30(2)41(34)53)57-37-19-16-31(35-13-6-7-14-36(35)37)25-47-43(54)50-39(24-38(45)44(3,4)5)49-32-26-48-51(27-32)21-23-56-40-15-9-11-22-55-40/h6-7,13-14,17-18,24,26-29,31,37,40-41,46H,8-12,15-16,19-23,25,45H2,1-5H3,(H2,47,49,50,54)/t29-,31?,37+,40?,41?/m0/s1. The van der Waals surface area contributed by atoms with Gasteiger partial charge in [0.15, 0.2) is 12.2 Å². The molecule has 2 aliphatic carbocycles. The molecule has 5 atom stereocenters. The molecule has 0 radical (unpaired) electrons. The van der Waals surface area contributed by atoms with Gasteiger partial charge in [0.1, 0.15) is 23.4 Å². The van der Waals surface area contributed by atoms with Crippen LogP contribution in [0.1, 0.15) is 109 Å². The molecule has 13 nitrogen and oxygen atoms in total. The Morgan fingerprint density at radius 2 is 1.91 bits per heavy atom. The third-order valence-corrected chi connectivity index (χ3v) is 11.7. The van der Waals surface area contributed by atoms with Crippen molar-refractivity contribution in [2.24, 2.45) is 16.1 Å². The van der Waals surface area contributed by atoms with Gasteiger partial charge in [-0.3, -0.25) is 15.4 Å². The first kappa shape index (κ1) is 40.3. The Bertz CT molecular complexity index is 1930. The Hall–Kier alpha value is -4.88. The fourth-order valence-corrected chi connectivity index (χ4v) is 8.12. The van der Waals surface area contributed by atoms with Crippen LogP contribution in [0.2, 0.25) is 0 Å². The summed E-state index contributed by atoms with van der Waals surface area (Å²) in [5, 5.41) is 19.7. The zero-order valence-electron chi connectivity index (χ0n) is 34.3. The Labute approximate surface area is 337 Å². The van der Waals surface area contributed by atoms with Gasteiger partial charge in [-0.25, -0.2) is 9.79 Å². The molecule has 0 saturated carbocycles. The van der Waals surface area contributed by atoms with E-state index in [2.05, 4.69) is 63.7 Å². The maximum Gasteiger partial charge on any atom is 0.320 e. The van der Waals surface area contributed by atoms with Crippen molar-refractivity contribution in [3.05, 3.63) is 94.8 Å². The van der Waals surface area contributed by atoms with Crippen molar-refractivity contribution in [2.75, 3.05) is 26.3 Å². The summed E-state index contributed by atoms with van der Waals surface area (Å²) >= 11 is 0. The molecule has 5 N–H and O–H groups in total. The molecule has 2 fully saturated rings. The molecule has 4 heterocycles. The number of aliphatic imine (C=N–C) groups is 1. The van der Waals surface area contributed by atoms with Crippen LogP contribution in [0.5, 0.6) is 0 Å². The Morgan fingerprint density at radius 1 is 1.11 bits per heavy atom. The van der Waals surface area contributed by atoms with Crippen molar-refractivity contribution in [3.63, 3.8) is 0 Å². The average Bonchev–Trinajstić information content (AvgIpc) is 3.69. The van der Waals surface area contributed by atoms with E-state index in [4.69, 9.17) is 24.9 Å². The predicted molar refractivity (Wildman–Crippen MR) is 223 cm³/mol. The van der Waals surface area contributed by atoms with Gasteiger partial charge in [-0.2, -0.15) is 5.10 Å². The molecule has 1 aromatic carbocycles. The number of rotatable bonds is 10. The highest BCUT2D eigenvalue weighted by molar-refractivity contribution is 6.05. The minimum absolute atomic E-state index is 0.103. The number of ether oxygens (including phenoxy) is 3. The molecular weight excluding hydrogens is 719 g/mol. The summed E-state index contributed by atoms with van der Waals surface area (Å²) in [7, 11) is 0. The summed E-state index contributed by atoms with van der Waals surface area (Å²) in [4.78, 5) is 22.5. The average molecular weight is 780 g/mol. The largest absolute Gasteiger partial charge is 0.484 e. The van der Waals surface area contributed by atoms with Crippen LogP contribution in [0.15, 0.2) is 88.7 Å². The third kappa shape index (κ3) is 9.99. The number of benzene rings is 1. The van der Waals surface area contributed by atoms with Crippen LogP contribution in [-0.2, 0) is 20.8 Å². The van der Waals surface area contributed by atoms with Crippen LogP contribution in [0.3, 0.4) is 0 Å². The number of piperidine rings is 1. The van der Waals surface area contributed by atoms with E-state index < -0.39 is 0 Å². The number of amidine groups is 1. The van der Waals surface area contributed by atoms with E-state index in [1.807, 2.05) is 45.3 Å². The van der Waals surface area contributed by atoms with Crippen LogP contribution >= 0.6 is 0 Å². The van der Waals surface area contributed by atoms with Crippen LogP contribution in [-0.4, -0.2) is 82.1 Å². The van der Waals surface area contributed by atoms with Crippen LogP contribution in [0.4, 0.5) is 10.5 Å². The second-order valence-electron chi connectivity index (χ2n) is 17.0. The topological polar surface area (TPSA) is 155 Å². The predicted octanol–water partition coefficient (Wildman–Crippen LogP) is 7.50. The van der Waals surface area contributed by atoms with E-state index in [-0.39, 0.29) is 35.8 Å². The first-order valence-electron chi connectivity index (χ1n) is 20.8. The minimum Gasteiger partial charge on any atom is -0.484 e. The molecule has 0 bridgehead atoms. The zero-order chi connectivity index (χ0) is 40.1. The number of likely N-dealkylation sites (tertiary alicyclic amines) is 1. The van der Waals surface area contributed by atoms with Crippen molar-refractivity contribution >= 4 is 23.5 Å². The van der Waals surface area contributed by atoms with Gasteiger partial charge in [0.25, 0.3) is 0 Å². The lowest BCUT2D eigenvalue weighted by Gasteiger charge is -2.39. The third-order valence-electron chi connectivity index (χ3n) is 11.7. The molecule has 306 valence electrons. The summed E-state index contributed by atoms with van der Waals surface area (Å²) in [6.45, 7) is 13.6. The van der Waals surface area contributed by atoms with Gasteiger partial charge in [0, 0.05) is 48.8 Å². The molecule has 57 heavy (non-hydrogen) atoms. The van der Waals surface area contributed by atoms with Crippen LogP contribution in [0.25, 0.3) is 0 Å². The fourth-order valence-electron chi connectivity index (χ4n) is 8.12. The molecule has 2 amide bonds. The number of nitrogens with zero attached hydrogens (tertiary/aromatic N) is 5. The van der Waals surface area contributed by atoms with Gasteiger partial charge in [0.2, 0.25) is 0 Å². The van der Waals surface area contributed by atoms with E-state index in [1.54, 1.807) is 17.0 Å². The van der Waals surface area contributed by atoms with Crippen LogP contribution in [0, 0.1) is 10.8 Å². The first-order chi connectivity index (χ1) is 27.4. The number of amides is 2. The second kappa shape index (κ2) is 17.7. The van der Waals surface area contributed by atoms with Crippen molar-refractivity contribution in [1.29, 1.82) is 5.41 Å². The van der Waals surface area contributed by atoms with Crippen molar-refractivity contribution in [2.45, 2.75) is 123 Å². The Morgan fingerprint density at radius 3 is 2.68 bits per heavy atom. The quantitative estimate of drug-likeness (QED) is 0.143. The molecule has 1 aromatic heterocycles. The smallest absolute Gasteiger partial charge is 0.320 e. The van der Waals surface area contributed by atoms with Gasteiger partial charge in [-0.05, 0) is 93.6 Å². The number of nitrogens with two attached hydrogens (primary N) is 1. The Balaban J connectivity index is 0.989. The molecule has 7 rings (SSSR count). The SMILES string of the molecule is CC1=C2C=CC(O[C@@H]3CCC(CNC(=O)NC(C=C(N)C(C)(C)C)=Nc4cnn(CCOC5CCCCO5)c4)c4ccccc43)=CN(C(=N)N3CCCC[C@@H]3C)C12. The van der Waals surface area contributed by atoms with E-state index >= 15 is 0 Å². The summed E-state index contributed by atoms with van der Waals surface area (Å²) in [6, 6.07) is 8.48. The molecule has 3 unspecified atom stereocenters. The normalized spacial score (nSPS) is 25.3. The number of urea groups is 1. The van der Waals surface area contributed by atoms with Crippen molar-refractivity contribution in [3.8, 4) is 0 Å². The van der Waals surface area contributed by atoms with Crippen LogP contribution < -0.4 is 16.4 Å². The fraction of sp³-hybridized carbons (Fsp3) is 0.545. The highest BCUT2D eigenvalue weighted by atomic mass is 16.7. The van der Waals surface area contributed by atoms with Gasteiger partial charge in [-0.15, -0.1) is 0 Å². The lowest BCUT2D eigenvalue weighted by Crippen LogP contribution is -2.49. The summed E-state index contributed by atoms with van der Waals surface area (Å²) in [6.07, 6.45) is 19.3. The number of carbonyl (C=O) groups is 1. The van der Waals surface area contributed by atoms with E-state index in [0.717, 1.165) is 75.0 Å². The lowest BCUT2D eigenvalue weighted by molar-refractivity contribution is -0.163. The van der Waals surface area contributed by atoms with Gasteiger partial charge >= 0.3 is 6.03 Å². The summed E-state index contributed by atoms with van der Waals surface area (Å²) in [5.74, 6) is 1.74. The zero-order valence-corrected chi connectivity index (χ0v) is 34.3.